The van der Waals surface area contributed by atoms with Gasteiger partial charge in [0.25, 0.3) is 5.56 Å². The van der Waals surface area contributed by atoms with E-state index in [4.69, 9.17) is 12.2 Å². The number of carbonyl (C=O) groups is 1. The van der Waals surface area contributed by atoms with Crippen molar-refractivity contribution in [3.05, 3.63) is 69.2 Å². The second-order valence-corrected chi connectivity index (χ2v) is 6.99. The molecule has 3 rings (SSSR count). The molecule has 3 aromatic rings. The van der Waals surface area contributed by atoms with E-state index < -0.39 is 0 Å². The van der Waals surface area contributed by atoms with Gasteiger partial charge in [-0.15, -0.1) is 0 Å². The van der Waals surface area contributed by atoms with Gasteiger partial charge in [0, 0.05) is 18.7 Å². The van der Waals surface area contributed by atoms with Gasteiger partial charge in [-0.2, -0.15) is 0 Å². The SMILES string of the molecule is Cc1ccccc1NC(=O)CCCCCn1c(=S)[nH]c2ccccc2c1=O. The third-order valence-corrected chi connectivity index (χ3v) is 4.92. The van der Waals surface area contributed by atoms with Crippen LogP contribution >= 0.6 is 12.2 Å². The Kier molecular flexibility index (Phi) is 6.19. The van der Waals surface area contributed by atoms with Crippen molar-refractivity contribution >= 4 is 34.7 Å². The molecule has 0 aliphatic rings. The van der Waals surface area contributed by atoms with Crippen LogP contribution in [0.2, 0.25) is 0 Å². The molecule has 140 valence electrons. The molecule has 1 amide bonds. The molecule has 0 radical (unpaired) electrons. The molecular formula is C21H23N3O2S. The van der Waals surface area contributed by atoms with Gasteiger partial charge in [0.05, 0.1) is 10.9 Å². The van der Waals surface area contributed by atoms with E-state index in [9.17, 15) is 9.59 Å². The van der Waals surface area contributed by atoms with Crippen LogP contribution in [-0.2, 0) is 11.3 Å². The van der Waals surface area contributed by atoms with Gasteiger partial charge in [-0.25, -0.2) is 0 Å². The summed E-state index contributed by atoms with van der Waals surface area (Å²) in [6.45, 7) is 2.53. The van der Waals surface area contributed by atoms with E-state index in [0.717, 1.165) is 36.0 Å². The second-order valence-electron chi connectivity index (χ2n) is 6.61. The number of rotatable bonds is 7. The highest BCUT2D eigenvalue weighted by molar-refractivity contribution is 7.71. The predicted molar refractivity (Wildman–Crippen MR) is 112 cm³/mol. The molecule has 0 aliphatic carbocycles. The molecule has 6 heteroatoms. The number of aromatic amines is 1. The van der Waals surface area contributed by atoms with Gasteiger partial charge in [0.2, 0.25) is 5.91 Å². The van der Waals surface area contributed by atoms with Gasteiger partial charge >= 0.3 is 0 Å². The molecule has 0 saturated heterocycles. The zero-order valence-electron chi connectivity index (χ0n) is 15.3. The maximum atomic E-state index is 12.6. The van der Waals surface area contributed by atoms with Crippen LogP contribution in [0.25, 0.3) is 10.9 Å². The lowest BCUT2D eigenvalue weighted by Gasteiger charge is -2.09. The summed E-state index contributed by atoms with van der Waals surface area (Å²) in [5.74, 6) is 0.0180. The first kappa shape index (κ1) is 19.0. The van der Waals surface area contributed by atoms with Gasteiger partial charge < -0.3 is 10.3 Å². The fraction of sp³-hybridized carbons (Fsp3) is 0.286. The minimum atomic E-state index is -0.0633. The summed E-state index contributed by atoms with van der Waals surface area (Å²) in [6, 6.07) is 15.1. The fourth-order valence-electron chi connectivity index (χ4n) is 3.06. The topological polar surface area (TPSA) is 66.9 Å². The molecule has 1 heterocycles. The smallest absolute Gasteiger partial charge is 0.262 e. The van der Waals surface area contributed by atoms with E-state index in [-0.39, 0.29) is 11.5 Å². The molecule has 0 fully saturated rings. The lowest BCUT2D eigenvalue weighted by atomic mass is 10.1. The Labute approximate surface area is 163 Å². The highest BCUT2D eigenvalue weighted by Crippen LogP contribution is 2.14. The lowest BCUT2D eigenvalue weighted by Crippen LogP contribution is -2.22. The lowest BCUT2D eigenvalue weighted by molar-refractivity contribution is -0.116. The largest absolute Gasteiger partial charge is 0.332 e. The molecule has 5 nitrogen and oxygen atoms in total. The highest BCUT2D eigenvalue weighted by atomic mass is 32.1. The molecule has 0 spiro atoms. The van der Waals surface area contributed by atoms with Crippen LogP contribution in [0.4, 0.5) is 5.69 Å². The minimum Gasteiger partial charge on any atom is -0.332 e. The number of hydrogen-bond acceptors (Lipinski definition) is 3. The summed E-state index contributed by atoms with van der Waals surface area (Å²) in [5.41, 5.74) is 2.61. The van der Waals surface area contributed by atoms with Gasteiger partial charge in [-0.05, 0) is 55.7 Å². The number of hydrogen-bond donors (Lipinski definition) is 2. The Morgan fingerprint density at radius 1 is 1.07 bits per heavy atom. The van der Waals surface area contributed by atoms with Crippen LogP contribution in [0.15, 0.2) is 53.3 Å². The van der Waals surface area contributed by atoms with Crippen molar-refractivity contribution < 1.29 is 4.79 Å². The summed E-state index contributed by atoms with van der Waals surface area (Å²) in [4.78, 5) is 27.7. The Morgan fingerprint density at radius 3 is 2.63 bits per heavy atom. The Balaban J connectivity index is 1.50. The van der Waals surface area contributed by atoms with Gasteiger partial charge in [-0.3, -0.25) is 14.2 Å². The van der Waals surface area contributed by atoms with E-state index in [2.05, 4.69) is 10.3 Å². The maximum absolute atomic E-state index is 12.6. The first-order valence-corrected chi connectivity index (χ1v) is 9.54. The minimum absolute atomic E-state index is 0.0180. The van der Waals surface area contributed by atoms with E-state index >= 15 is 0 Å². The van der Waals surface area contributed by atoms with Crippen LogP contribution in [0.1, 0.15) is 31.2 Å². The van der Waals surface area contributed by atoms with E-state index in [1.54, 1.807) is 10.6 Å². The van der Waals surface area contributed by atoms with Gasteiger partial charge in [0.15, 0.2) is 4.77 Å². The summed E-state index contributed by atoms with van der Waals surface area (Å²) in [5, 5.41) is 3.58. The fourth-order valence-corrected chi connectivity index (χ4v) is 3.34. The molecule has 2 N–H and O–H groups in total. The van der Waals surface area contributed by atoms with Crippen molar-refractivity contribution in [2.45, 2.75) is 39.2 Å². The van der Waals surface area contributed by atoms with Crippen LogP contribution in [0.3, 0.4) is 0 Å². The number of fused-ring (bicyclic) bond motifs is 1. The van der Waals surface area contributed by atoms with Crippen molar-refractivity contribution in [2.75, 3.05) is 5.32 Å². The number of anilines is 1. The Hall–Kier alpha value is -2.73. The molecule has 0 aliphatic heterocycles. The molecule has 27 heavy (non-hydrogen) atoms. The number of aryl methyl sites for hydroxylation is 1. The van der Waals surface area contributed by atoms with E-state index in [1.807, 2.05) is 49.4 Å². The van der Waals surface area contributed by atoms with Crippen molar-refractivity contribution in [3.63, 3.8) is 0 Å². The molecule has 2 aromatic carbocycles. The number of nitrogens with one attached hydrogen (secondary N) is 2. The van der Waals surface area contributed by atoms with Crippen molar-refractivity contribution in [1.29, 1.82) is 0 Å². The maximum Gasteiger partial charge on any atom is 0.262 e. The van der Waals surface area contributed by atoms with Crippen LogP contribution in [0, 0.1) is 11.7 Å². The zero-order valence-corrected chi connectivity index (χ0v) is 16.1. The third-order valence-electron chi connectivity index (χ3n) is 4.59. The number of para-hydroxylation sites is 2. The van der Waals surface area contributed by atoms with Crippen LogP contribution < -0.4 is 10.9 Å². The normalized spacial score (nSPS) is 10.9. The standard InChI is InChI=1S/C21H23N3O2S/c1-15-9-4-6-11-17(15)22-19(25)13-3-2-8-14-24-20(26)16-10-5-7-12-18(16)23-21(24)27/h4-7,9-12H,2-3,8,13-14H2,1H3,(H,22,25)(H,23,27). The number of aromatic nitrogens is 2. The first-order valence-electron chi connectivity index (χ1n) is 9.13. The van der Waals surface area contributed by atoms with Gasteiger partial charge in [-0.1, -0.05) is 36.8 Å². The monoisotopic (exact) mass is 381 g/mol. The average Bonchev–Trinajstić information content (AvgIpc) is 2.65. The number of carbonyl (C=O) groups excluding carboxylic acids is 1. The van der Waals surface area contributed by atoms with Gasteiger partial charge in [0.1, 0.15) is 0 Å². The van der Waals surface area contributed by atoms with Crippen molar-refractivity contribution in [3.8, 4) is 0 Å². The average molecular weight is 382 g/mol. The Bertz CT molecular complexity index is 1070. The number of unbranched alkanes of at least 4 members (excludes halogenated alkanes) is 2. The summed E-state index contributed by atoms with van der Waals surface area (Å²) >= 11 is 5.31. The number of benzene rings is 2. The van der Waals surface area contributed by atoms with Crippen molar-refractivity contribution in [2.24, 2.45) is 0 Å². The van der Waals surface area contributed by atoms with Crippen molar-refractivity contribution in [1.82, 2.24) is 9.55 Å². The quantitative estimate of drug-likeness (QED) is 0.465. The van der Waals surface area contributed by atoms with E-state index in [0.29, 0.717) is 23.1 Å². The summed E-state index contributed by atoms with van der Waals surface area (Å²) in [7, 11) is 0. The van der Waals surface area contributed by atoms with Crippen LogP contribution in [-0.4, -0.2) is 15.5 Å². The van der Waals surface area contributed by atoms with Crippen LogP contribution in [0.5, 0.6) is 0 Å². The zero-order chi connectivity index (χ0) is 19.2. The number of amides is 1. The Morgan fingerprint density at radius 2 is 1.81 bits per heavy atom. The molecule has 0 atom stereocenters. The predicted octanol–water partition coefficient (Wildman–Crippen LogP) is 4.57. The molecule has 0 saturated carbocycles. The molecular weight excluding hydrogens is 358 g/mol. The first-order chi connectivity index (χ1) is 13.1. The molecule has 0 unspecified atom stereocenters. The molecule has 1 aromatic heterocycles. The van der Waals surface area contributed by atoms with E-state index in [1.165, 1.54) is 0 Å². The second kappa shape index (κ2) is 8.77. The molecule has 0 bridgehead atoms. The summed E-state index contributed by atoms with van der Waals surface area (Å²) in [6.07, 6.45) is 2.90. The summed E-state index contributed by atoms with van der Waals surface area (Å²) < 4.78 is 2.04. The third kappa shape index (κ3) is 4.71. The highest BCUT2D eigenvalue weighted by Gasteiger charge is 2.06. The number of nitrogens with zero attached hydrogens (tertiary/aromatic N) is 1. The number of H-pyrrole nitrogens is 1.